The van der Waals surface area contributed by atoms with Crippen LogP contribution in [0.2, 0.25) is 0 Å². The molecule has 3 heteroatoms. The number of carbonyl (C=O) groups excluding carboxylic acids is 1. The van der Waals surface area contributed by atoms with Crippen LogP contribution in [0.5, 0.6) is 0 Å². The molecule has 1 aromatic heterocycles. The molecule has 3 nitrogen and oxygen atoms in total. The number of hydrogen-bond acceptors (Lipinski definition) is 2. The summed E-state index contributed by atoms with van der Waals surface area (Å²) in [6.07, 6.45) is 6.66. The third-order valence-electron chi connectivity index (χ3n) is 1.23. The summed E-state index contributed by atoms with van der Waals surface area (Å²) in [6, 6.07) is 3.38. The number of terminal acetylenes is 1. The third-order valence-corrected chi connectivity index (χ3v) is 1.23. The maximum Gasteiger partial charge on any atom is 0.222 e. The predicted molar refractivity (Wildman–Crippen MR) is 46.5 cm³/mol. The highest BCUT2D eigenvalue weighted by Gasteiger charge is 1.94. The number of carbonyl (C=O) groups is 1. The van der Waals surface area contributed by atoms with Crippen molar-refractivity contribution in [1.82, 2.24) is 4.98 Å². The van der Waals surface area contributed by atoms with Gasteiger partial charge < -0.3 is 5.32 Å². The first-order valence-corrected chi connectivity index (χ1v) is 3.42. The van der Waals surface area contributed by atoms with Gasteiger partial charge in [-0.25, -0.2) is 4.98 Å². The molecule has 60 valence electrons. The zero-order valence-corrected chi connectivity index (χ0v) is 6.66. The fraction of sp³-hybridized carbons (Fsp3) is 0.111. The van der Waals surface area contributed by atoms with Crippen LogP contribution in [-0.2, 0) is 4.79 Å². The minimum Gasteiger partial charge on any atom is -0.311 e. The molecule has 1 N–H and O–H groups in total. The molecular formula is C9H8N2O. The average molecular weight is 160 g/mol. The van der Waals surface area contributed by atoms with Crippen molar-refractivity contribution in [3.05, 3.63) is 23.9 Å². The number of pyridine rings is 1. The van der Waals surface area contributed by atoms with Crippen LogP contribution >= 0.6 is 0 Å². The molecular weight excluding hydrogens is 152 g/mol. The Morgan fingerprint density at radius 2 is 2.42 bits per heavy atom. The highest BCUT2D eigenvalue weighted by Crippen LogP contribution is 2.02. The van der Waals surface area contributed by atoms with Gasteiger partial charge in [-0.05, 0) is 12.1 Å². The molecule has 0 bridgehead atoms. The smallest absolute Gasteiger partial charge is 0.222 e. The first-order chi connectivity index (χ1) is 5.72. The van der Waals surface area contributed by atoms with E-state index < -0.39 is 0 Å². The van der Waals surface area contributed by atoms with Crippen molar-refractivity contribution in [3.63, 3.8) is 0 Å². The van der Waals surface area contributed by atoms with Crippen LogP contribution in [-0.4, -0.2) is 10.9 Å². The molecule has 0 saturated carbocycles. The van der Waals surface area contributed by atoms with Crippen LogP contribution in [0.4, 0.5) is 5.82 Å². The van der Waals surface area contributed by atoms with Crippen LogP contribution < -0.4 is 5.32 Å². The Hall–Kier alpha value is -1.82. The molecule has 0 spiro atoms. The van der Waals surface area contributed by atoms with Gasteiger partial charge in [0, 0.05) is 18.7 Å². The van der Waals surface area contributed by atoms with Crippen LogP contribution in [0.3, 0.4) is 0 Å². The minimum absolute atomic E-state index is 0.143. The molecule has 0 saturated heterocycles. The summed E-state index contributed by atoms with van der Waals surface area (Å²) in [5, 5.41) is 2.54. The second-order valence-corrected chi connectivity index (χ2v) is 2.26. The largest absolute Gasteiger partial charge is 0.311 e. The maximum absolute atomic E-state index is 10.6. The lowest BCUT2D eigenvalue weighted by molar-refractivity contribution is -0.114. The van der Waals surface area contributed by atoms with Gasteiger partial charge in [-0.1, -0.05) is 5.92 Å². The summed E-state index contributed by atoms with van der Waals surface area (Å²) in [5.41, 5.74) is 0.698. The molecule has 0 aliphatic carbocycles. The molecule has 0 aliphatic rings. The SMILES string of the molecule is C#Cc1ccc(NC(C)=O)nc1. The fourth-order valence-corrected chi connectivity index (χ4v) is 0.734. The molecule has 0 aromatic carbocycles. The molecule has 0 fully saturated rings. The highest BCUT2D eigenvalue weighted by atomic mass is 16.1. The number of aromatic nitrogens is 1. The van der Waals surface area contributed by atoms with Crippen LogP contribution in [0.15, 0.2) is 18.3 Å². The number of rotatable bonds is 1. The molecule has 0 unspecified atom stereocenters. The normalized spacial score (nSPS) is 8.67. The van der Waals surface area contributed by atoms with E-state index in [1.54, 1.807) is 12.1 Å². The van der Waals surface area contributed by atoms with E-state index in [1.165, 1.54) is 13.1 Å². The van der Waals surface area contributed by atoms with Gasteiger partial charge in [0.25, 0.3) is 0 Å². The Kier molecular flexibility index (Phi) is 2.44. The van der Waals surface area contributed by atoms with Gasteiger partial charge in [0.2, 0.25) is 5.91 Å². The van der Waals surface area contributed by atoms with E-state index >= 15 is 0 Å². The van der Waals surface area contributed by atoms with E-state index in [4.69, 9.17) is 6.42 Å². The number of nitrogens with one attached hydrogen (secondary N) is 1. The number of anilines is 1. The zero-order valence-electron chi connectivity index (χ0n) is 6.66. The van der Waals surface area contributed by atoms with Gasteiger partial charge in [0.05, 0.1) is 0 Å². The van der Waals surface area contributed by atoms with Gasteiger partial charge >= 0.3 is 0 Å². The molecule has 1 heterocycles. The first kappa shape index (κ1) is 8.28. The van der Waals surface area contributed by atoms with Gasteiger partial charge in [-0.3, -0.25) is 4.79 Å². The van der Waals surface area contributed by atoms with Crippen molar-refractivity contribution in [2.75, 3.05) is 5.32 Å². The minimum atomic E-state index is -0.143. The summed E-state index contributed by atoms with van der Waals surface area (Å²) in [4.78, 5) is 14.5. The second-order valence-electron chi connectivity index (χ2n) is 2.26. The molecule has 12 heavy (non-hydrogen) atoms. The molecule has 0 aliphatic heterocycles. The zero-order chi connectivity index (χ0) is 8.97. The summed E-state index contributed by atoms with van der Waals surface area (Å²) < 4.78 is 0. The number of nitrogens with zero attached hydrogens (tertiary/aromatic N) is 1. The van der Waals surface area contributed by atoms with Crippen molar-refractivity contribution in [1.29, 1.82) is 0 Å². The molecule has 1 amide bonds. The molecule has 1 rings (SSSR count). The van der Waals surface area contributed by atoms with Crippen molar-refractivity contribution in [3.8, 4) is 12.3 Å². The quantitative estimate of drug-likeness (QED) is 0.623. The van der Waals surface area contributed by atoms with Crippen molar-refractivity contribution in [2.45, 2.75) is 6.92 Å². The van der Waals surface area contributed by atoms with Crippen LogP contribution in [0, 0.1) is 12.3 Å². The summed E-state index contributed by atoms with van der Waals surface area (Å²) in [5.74, 6) is 2.80. The van der Waals surface area contributed by atoms with Crippen LogP contribution in [0.1, 0.15) is 12.5 Å². The Morgan fingerprint density at radius 3 is 2.83 bits per heavy atom. The Labute approximate surface area is 70.8 Å². The number of hydrogen-bond donors (Lipinski definition) is 1. The van der Waals surface area contributed by atoms with Gasteiger partial charge in [-0.2, -0.15) is 0 Å². The van der Waals surface area contributed by atoms with E-state index in [2.05, 4.69) is 16.2 Å². The number of amides is 1. The standard InChI is InChI=1S/C9H8N2O/c1-3-8-4-5-9(10-6-8)11-7(2)12/h1,4-6H,2H3,(H,10,11,12). The lowest BCUT2D eigenvalue weighted by Crippen LogP contribution is -2.06. The first-order valence-electron chi connectivity index (χ1n) is 3.42. The van der Waals surface area contributed by atoms with E-state index in [-0.39, 0.29) is 5.91 Å². The Morgan fingerprint density at radius 1 is 1.67 bits per heavy atom. The van der Waals surface area contributed by atoms with Gasteiger partial charge in [0.15, 0.2) is 0 Å². The Balaban J connectivity index is 2.80. The van der Waals surface area contributed by atoms with E-state index in [0.717, 1.165) is 0 Å². The lowest BCUT2D eigenvalue weighted by Gasteiger charge is -1.98. The lowest BCUT2D eigenvalue weighted by atomic mass is 10.3. The van der Waals surface area contributed by atoms with Gasteiger partial charge in [-0.15, -0.1) is 6.42 Å². The van der Waals surface area contributed by atoms with Crippen LogP contribution in [0.25, 0.3) is 0 Å². The van der Waals surface area contributed by atoms with E-state index in [0.29, 0.717) is 11.4 Å². The monoisotopic (exact) mass is 160 g/mol. The summed E-state index contributed by atoms with van der Waals surface area (Å²) in [6.45, 7) is 1.43. The second kappa shape index (κ2) is 3.54. The predicted octanol–water partition coefficient (Wildman–Crippen LogP) is 1.02. The fourth-order valence-electron chi connectivity index (χ4n) is 0.734. The van der Waals surface area contributed by atoms with Gasteiger partial charge in [0.1, 0.15) is 5.82 Å². The summed E-state index contributed by atoms with van der Waals surface area (Å²) in [7, 11) is 0. The molecule has 0 radical (unpaired) electrons. The van der Waals surface area contributed by atoms with Crippen molar-refractivity contribution >= 4 is 11.7 Å². The topological polar surface area (TPSA) is 42.0 Å². The third kappa shape index (κ3) is 2.10. The average Bonchev–Trinajstić information content (AvgIpc) is 2.05. The van der Waals surface area contributed by atoms with Crippen molar-refractivity contribution < 1.29 is 4.79 Å². The van der Waals surface area contributed by atoms with E-state index in [1.807, 2.05) is 0 Å². The summed E-state index contributed by atoms with van der Waals surface area (Å²) >= 11 is 0. The highest BCUT2D eigenvalue weighted by molar-refractivity contribution is 5.87. The maximum atomic E-state index is 10.6. The van der Waals surface area contributed by atoms with Crippen molar-refractivity contribution in [2.24, 2.45) is 0 Å². The Bertz CT molecular complexity index is 321. The molecule has 0 atom stereocenters. The van der Waals surface area contributed by atoms with E-state index in [9.17, 15) is 4.79 Å². The molecule has 1 aromatic rings.